The first-order chi connectivity index (χ1) is 9.20. The van der Waals surface area contributed by atoms with Crippen LogP contribution < -0.4 is 10.1 Å². The van der Waals surface area contributed by atoms with Gasteiger partial charge in [0, 0.05) is 24.2 Å². The third kappa shape index (κ3) is 4.09. The summed E-state index contributed by atoms with van der Waals surface area (Å²) >= 11 is 3.46. The third-order valence-corrected chi connectivity index (χ3v) is 4.09. The maximum atomic E-state index is 9.65. The highest BCUT2D eigenvalue weighted by Gasteiger charge is 2.14. The molecule has 1 saturated heterocycles. The van der Waals surface area contributed by atoms with Crippen molar-refractivity contribution in [1.82, 2.24) is 5.32 Å². The second kappa shape index (κ2) is 7.12. The Labute approximate surface area is 122 Å². The van der Waals surface area contributed by atoms with E-state index in [0.29, 0.717) is 11.7 Å². The van der Waals surface area contributed by atoms with Crippen LogP contribution in [0.15, 0.2) is 16.6 Å². The molecule has 1 aromatic rings. The Morgan fingerprint density at radius 1 is 1.53 bits per heavy atom. The Morgan fingerprint density at radius 3 is 3.05 bits per heavy atom. The Kier molecular flexibility index (Phi) is 5.48. The summed E-state index contributed by atoms with van der Waals surface area (Å²) in [7, 11) is 1.56. The number of rotatable bonds is 5. The van der Waals surface area contributed by atoms with E-state index in [1.807, 2.05) is 6.07 Å². The summed E-state index contributed by atoms with van der Waals surface area (Å²) in [6.07, 6.45) is 2.39. The second-order valence-corrected chi connectivity index (χ2v) is 5.68. The molecule has 1 heterocycles. The van der Waals surface area contributed by atoms with E-state index in [2.05, 4.69) is 21.2 Å². The van der Waals surface area contributed by atoms with Crippen LogP contribution in [0.25, 0.3) is 0 Å². The third-order valence-electron chi connectivity index (χ3n) is 3.35. The number of methoxy groups -OCH3 is 1. The summed E-state index contributed by atoms with van der Waals surface area (Å²) in [4.78, 5) is 0. The van der Waals surface area contributed by atoms with Crippen molar-refractivity contribution in [1.29, 1.82) is 0 Å². The zero-order valence-electron chi connectivity index (χ0n) is 11.1. The first-order valence-electron chi connectivity index (χ1n) is 6.54. The Bertz CT molecular complexity index is 419. The van der Waals surface area contributed by atoms with Crippen molar-refractivity contribution >= 4 is 15.9 Å². The van der Waals surface area contributed by atoms with Gasteiger partial charge in [0.05, 0.1) is 13.7 Å². The summed E-state index contributed by atoms with van der Waals surface area (Å²) < 4.78 is 11.5. The van der Waals surface area contributed by atoms with Crippen LogP contribution in [-0.2, 0) is 11.3 Å². The monoisotopic (exact) mass is 329 g/mol. The molecular weight excluding hydrogens is 310 g/mol. The summed E-state index contributed by atoms with van der Waals surface area (Å²) in [5, 5.41) is 13.1. The van der Waals surface area contributed by atoms with E-state index in [9.17, 15) is 5.11 Å². The highest BCUT2D eigenvalue weighted by molar-refractivity contribution is 9.10. The Balaban J connectivity index is 1.88. The van der Waals surface area contributed by atoms with Crippen LogP contribution in [0.1, 0.15) is 18.4 Å². The van der Waals surface area contributed by atoms with Gasteiger partial charge < -0.3 is 19.9 Å². The minimum atomic E-state index is 0.152. The van der Waals surface area contributed by atoms with Gasteiger partial charge in [-0.15, -0.1) is 0 Å². The lowest BCUT2D eigenvalue weighted by Crippen LogP contribution is -2.28. The summed E-state index contributed by atoms with van der Waals surface area (Å²) in [6, 6.07) is 3.52. The van der Waals surface area contributed by atoms with Crippen molar-refractivity contribution in [2.24, 2.45) is 5.92 Å². The summed E-state index contributed by atoms with van der Waals surface area (Å²) in [5.41, 5.74) is 1.08. The zero-order chi connectivity index (χ0) is 13.7. The number of benzene rings is 1. The molecule has 0 bridgehead atoms. The lowest BCUT2D eigenvalue weighted by molar-refractivity contribution is 0.0547. The fraction of sp³-hybridized carbons (Fsp3) is 0.571. The highest BCUT2D eigenvalue weighted by Crippen LogP contribution is 2.32. The van der Waals surface area contributed by atoms with Crippen LogP contribution in [-0.4, -0.2) is 32.0 Å². The van der Waals surface area contributed by atoms with Gasteiger partial charge in [-0.05, 0) is 36.5 Å². The number of hydrogen-bond acceptors (Lipinski definition) is 4. The molecule has 1 fully saturated rings. The number of nitrogens with one attached hydrogen (secondary N) is 1. The van der Waals surface area contributed by atoms with E-state index in [1.165, 1.54) is 6.42 Å². The maximum Gasteiger partial charge on any atom is 0.160 e. The van der Waals surface area contributed by atoms with Crippen LogP contribution in [0.2, 0.25) is 0 Å². The van der Waals surface area contributed by atoms with Gasteiger partial charge in [-0.25, -0.2) is 0 Å². The number of halogens is 1. The molecule has 2 N–H and O–H groups in total. The van der Waals surface area contributed by atoms with Gasteiger partial charge in [-0.3, -0.25) is 0 Å². The molecule has 0 spiro atoms. The zero-order valence-corrected chi connectivity index (χ0v) is 12.7. The molecule has 2 rings (SSSR count). The van der Waals surface area contributed by atoms with Gasteiger partial charge in [0.25, 0.3) is 0 Å². The molecule has 1 unspecified atom stereocenters. The molecule has 106 valence electrons. The number of phenolic OH excluding ortho intramolecular Hbond substituents is 1. The summed E-state index contributed by atoms with van der Waals surface area (Å²) in [5.74, 6) is 1.26. The smallest absolute Gasteiger partial charge is 0.160 e. The van der Waals surface area contributed by atoms with Gasteiger partial charge in [0.1, 0.15) is 0 Å². The minimum Gasteiger partial charge on any atom is -0.504 e. The molecule has 5 heteroatoms. The minimum absolute atomic E-state index is 0.152. The molecule has 1 atom stereocenters. The molecule has 0 saturated carbocycles. The predicted octanol–water partition coefficient (Wildman–Crippen LogP) is 2.68. The van der Waals surface area contributed by atoms with E-state index in [-0.39, 0.29) is 5.75 Å². The first-order valence-corrected chi connectivity index (χ1v) is 7.34. The second-order valence-electron chi connectivity index (χ2n) is 4.83. The number of hydrogen-bond donors (Lipinski definition) is 2. The average molecular weight is 330 g/mol. The van der Waals surface area contributed by atoms with E-state index in [0.717, 1.165) is 42.8 Å². The van der Waals surface area contributed by atoms with Crippen molar-refractivity contribution in [2.75, 3.05) is 26.9 Å². The molecular formula is C14H20BrNO3. The fourth-order valence-corrected chi connectivity index (χ4v) is 2.73. The van der Waals surface area contributed by atoms with Crippen LogP contribution >= 0.6 is 15.9 Å². The molecule has 0 aromatic heterocycles. The number of phenols is 1. The standard InChI is InChI=1S/C14H20BrNO3/c1-18-14-5-11(12(15)6-13(14)17)8-16-7-10-3-2-4-19-9-10/h5-6,10,16-17H,2-4,7-9H2,1H3. The quantitative estimate of drug-likeness (QED) is 0.872. The SMILES string of the molecule is COc1cc(CNCC2CCCOC2)c(Br)cc1O. The molecule has 1 aliphatic heterocycles. The van der Waals surface area contributed by atoms with Gasteiger partial charge in [-0.2, -0.15) is 0 Å². The number of ether oxygens (including phenoxy) is 2. The number of aromatic hydroxyl groups is 1. The molecule has 4 nitrogen and oxygen atoms in total. The highest BCUT2D eigenvalue weighted by atomic mass is 79.9. The van der Waals surface area contributed by atoms with Gasteiger partial charge >= 0.3 is 0 Å². The van der Waals surface area contributed by atoms with Crippen molar-refractivity contribution in [3.8, 4) is 11.5 Å². The largest absolute Gasteiger partial charge is 0.504 e. The normalized spacial score (nSPS) is 19.4. The van der Waals surface area contributed by atoms with Crippen molar-refractivity contribution in [2.45, 2.75) is 19.4 Å². The summed E-state index contributed by atoms with van der Waals surface area (Å²) in [6.45, 7) is 3.45. The van der Waals surface area contributed by atoms with E-state index >= 15 is 0 Å². The Morgan fingerprint density at radius 2 is 2.37 bits per heavy atom. The predicted molar refractivity (Wildman–Crippen MR) is 77.6 cm³/mol. The van der Waals surface area contributed by atoms with E-state index < -0.39 is 0 Å². The van der Waals surface area contributed by atoms with Crippen LogP contribution in [0.3, 0.4) is 0 Å². The lowest BCUT2D eigenvalue weighted by atomic mass is 10.0. The molecule has 0 aliphatic carbocycles. The van der Waals surface area contributed by atoms with Crippen molar-refractivity contribution in [3.63, 3.8) is 0 Å². The van der Waals surface area contributed by atoms with Crippen molar-refractivity contribution < 1.29 is 14.6 Å². The molecule has 1 aliphatic rings. The molecule has 0 amide bonds. The molecule has 1 aromatic carbocycles. The van der Waals surface area contributed by atoms with E-state index in [4.69, 9.17) is 9.47 Å². The van der Waals surface area contributed by atoms with E-state index in [1.54, 1.807) is 13.2 Å². The average Bonchev–Trinajstić information content (AvgIpc) is 2.42. The first kappa shape index (κ1) is 14.6. The molecule has 0 radical (unpaired) electrons. The van der Waals surface area contributed by atoms with Crippen LogP contribution in [0.5, 0.6) is 11.5 Å². The van der Waals surface area contributed by atoms with Crippen molar-refractivity contribution in [3.05, 3.63) is 22.2 Å². The van der Waals surface area contributed by atoms with Gasteiger partial charge in [0.2, 0.25) is 0 Å². The van der Waals surface area contributed by atoms with Crippen LogP contribution in [0.4, 0.5) is 0 Å². The Hall–Kier alpha value is -0.780. The topological polar surface area (TPSA) is 50.7 Å². The molecule has 19 heavy (non-hydrogen) atoms. The lowest BCUT2D eigenvalue weighted by Gasteiger charge is -2.22. The van der Waals surface area contributed by atoms with Gasteiger partial charge in [0.15, 0.2) is 11.5 Å². The maximum absolute atomic E-state index is 9.65. The van der Waals surface area contributed by atoms with Gasteiger partial charge in [-0.1, -0.05) is 15.9 Å². The van der Waals surface area contributed by atoms with Crippen LogP contribution in [0, 0.1) is 5.92 Å². The fourth-order valence-electron chi connectivity index (χ4n) is 2.26.